The van der Waals surface area contributed by atoms with E-state index in [1.165, 1.54) is 11.1 Å². The van der Waals surface area contributed by atoms with E-state index >= 15 is 0 Å². The zero-order chi connectivity index (χ0) is 19.3. The van der Waals surface area contributed by atoms with Crippen molar-refractivity contribution in [3.8, 4) is 22.4 Å². The van der Waals surface area contributed by atoms with Crippen LogP contribution in [0.15, 0.2) is 71.3 Å². The third kappa shape index (κ3) is 2.67. The predicted octanol–water partition coefficient (Wildman–Crippen LogP) is 6.64. The zero-order valence-corrected chi connectivity index (χ0v) is 16.2. The maximum Gasteiger partial charge on any atom is 0.227 e. The molecule has 2 aromatic carbocycles. The Bertz CT molecular complexity index is 1350. The van der Waals surface area contributed by atoms with Gasteiger partial charge in [-0.1, -0.05) is 42.0 Å². The number of furan rings is 1. The average Bonchev–Trinajstić information content (AvgIpc) is 3.05. The molecule has 0 unspecified atom stereocenters. The van der Waals surface area contributed by atoms with Gasteiger partial charge in [0.25, 0.3) is 0 Å². The van der Waals surface area contributed by atoms with Gasteiger partial charge in [0.15, 0.2) is 0 Å². The first-order chi connectivity index (χ1) is 13.6. The van der Waals surface area contributed by atoms with Gasteiger partial charge in [-0.3, -0.25) is 4.98 Å². The summed E-state index contributed by atoms with van der Waals surface area (Å²) in [5.74, 6) is 0. The van der Waals surface area contributed by atoms with Crippen molar-refractivity contribution in [2.45, 2.75) is 20.8 Å². The third-order valence-electron chi connectivity index (χ3n) is 5.22. The van der Waals surface area contributed by atoms with E-state index in [0.717, 1.165) is 44.4 Å². The van der Waals surface area contributed by atoms with Crippen LogP contribution in [0.25, 0.3) is 44.5 Å². The van der Waals surface area contributed by atoms with Gasteiger partial charge < -0.3 is 4.42 Å². The molecule has 0 aliphatic carbocycles. The summed E-state index contributed by atoms with van der Waals surface area (Å²) in [7, 11) is 0. The van der Waals surface area contributed by atoms with Crippen molar-refractivity contribution in [1.82, 2.24) is 9.97 Å². The van der Waals surface area contributed by atoms with Crippen LogP contribution >= 0.6 is 0 Å². The lowest BCUT2D eigenvalue weighted by molar-refractivity contribution is 0.653. The molecular weight excluding hydrogens is 344 g/mol. The lowest BCUT2D eigenvalue weighted by Gasteiger charge is -2.09. The minimum absolute atomic E-state index is 0.677. The Morgan fingerprint density at radius 1 is 0.786 bits per heavy atom. The number of fused-ring (bicyclic) bond motifs is 3. The molecule has 0 fully saturated rings. The minimum Gasteiger partial charge on any atom is -0.437 e. The summed E-state index contributed by atoms with van der Waals surface area (Å²) in [6, 6.07) is 21.1. The van der Waals surface area contributed by atoms with Gasteiger partial charge in [-0.15, -0.1) is 0 Å². The van der Waals surface area contributed by atoms with Crippen molar-refractivity contribution in [3.05, 3.63) is 83.7 Å². The summed E-state index contributed by atoms with van der Waals surface area (Å²) >= 11 is 0. The summed E-state index contributed by atoms with van der Waals surface area (Å²) < 4.78 is 6.21. The topological polar surface area (TPSA) is 38.9 Å². The summed E-state index contributed by atoms with van der Waals surface area (Å²) in [4.78, 5) is 9.24. The van der Waals surface area contributed by atoms with Gasteiger partial charge >= 0.3 is 0 Å². The Kier molecular flexibility index (Phi) is 3.76. The van der Waals surface area contributed by atoms with Crippen molar-refractivity contribution in [1.29, 1.82) is 0 Å². The second-order valence-corrected chi connectivity index (χ2v) is 7.34. The first-order valence-electron chi connectivity index (χ1n) is 9.43. The van der Waals surface area contributed by atoms with Crippen molar-refractivity contribution in [2.75, 3.05) is 0 Å². The lowest BCUT2D eigenvalue weighted by atomic mass is 9.98. The second-order valence-electron chi connectivity index (χ2n) is 7.34. The Morgan fingerprint density at radius 3 is 2.46 bits per heavy atom. The molecule has 0 aliphatic rings. The molecule has 5 rings (SSSR count). The number of aromatic nitrogens is 2. The van der Waals surface area contributed by atoms with Crippen LogP contribution in [0, 0.1) is 20.8 Å². The quantitative estimate of drug-likeness (QED) is 0.353. The molecule has 0 aliphatic heterocycles. The molecule has 136 valence electrons. The monoisotopic (exact) mass is 364 g/mol. The average molecular weight is 364 g/mol. The number of aryl methyl sites for hydroxylation is 3. The Balaban J connectivity index is 1.76. The number of hydrogen-bond donors (Lipinski definition) is 0. The minimum atomic E-state index is 0.677. The second kappa shape index (κ2) is 6.31. The molecule has 0 spiro atoms. The van der Waals surface area contributed by atoms with Gasteiger partial charge in [0.1, 0.15) is 5.58 Å². The maximum atomic E-state index is 6.21. The summed E-state index contributed by atoms with van der Waals surface area (Å²) in [5.41, 5.74) is 9.14. The van der Waals surface area contributed by atoms with Crippen molar-refractivity contribution >= 4 is 22.1 Å². The highest BCUT2D eigenvalue weighted by molar-refractivity contribution is 6.09. The highest BCUT2D eigenvalue weighted by Crippen LogP contribution is 2.37. The van der Waals surface area contributed by atoms with Gasteiger partial charge in [-0.2, -0.15) is 0 Å². The van der Waals surface area contributed by atoms with E-state index in [-0.39, 0.29) is 0 Å². The molecule has 0 N–H and O–H groups in total. The Morgan fingerprint density at radius 2 is 1.61 bits per heavy atom. The van der Waals surface area contributed by atoms with Gasteiger partial charge in [0.05, 0.1) is 5.69 Å². The van der Waals surface area contributed by atoms with Crippen molar-refractivity contribution < 1.29 is 4.42 Å². The van der Waals surface area contributed by atoms with Crippen molar-refractivity contribution in [3.63, 3.8) is 0 Å². The van der Waals surface area contributed by atoms with Crippen LogP contribution in [0.2, 0.25) is 0 Å². The van der Waals surface area contributed by atoms with E-state index < -0.39 is 0 Å². The lowest BCUT2D eigenvalue weighted by Crippen LogP contribution is -1.89. The van der Waals surface area contributed by atoms with Gasteiger partial charge in [-0.05, 0) is 61.7 Å². The molecular formula is C25H20N2O. The van der Waals surface area contributed by atoms with Crippen LogP contribution in [-0.4, -0.2) is 9.97 Å². The van der Waals surface area contributed by atoms with Crippen LogP contribution in [-0.2, 0) is 0 Å². The number of nitrogens with zero attached hydrogens (tertiary/aromatic N) is 2. The third-order valence-corrected chi connectivity index (χ3v) is 5.22. The molecule has 0 atom stereocenters. The van der Waals surface area contributed by atoms with Crippen LogP contribution in [0.4, 0.5) is 0 Å². The molecule has 5 aromatic rings. The molecule has 3 heterocycles. The number of pyridine rings is 2. The van der Waals surface area contributed by atoms with E-state index in [2.05, 4.69) is 78.4 Å². The SMILES string of the molecule is Cc1cccc(-c2ccnc(-c3c(C)ccc4c3oc3nc(C)ccc34)c2)c1. The first-order valence-corrected chi connectivity index (χ1v) is 9.43. The van der Waals surface area contributed by atoms with Gasteiger partial charge in [0.2, 0.25) is 5.71 Å². The maximum absolute atomic E-state index is 6.21. The summed E-state index contributed by atoms with van der Waals surface area (Å²) in [6.07, 6.45) is 1.87. The predicted molar refractivity (Wildman–Crippen MR) is 114 cm³/mol. The summed E-state index contributed by atoms with van der Waals surface area (Å²) in [6.45, 7) is 6.19. The Hall–Kier alpha value is -3.46. The van der Waals surface area contributed by atoms with Crippen molar-refractivity contribution in [2.24, 2.45) is 0 Å². The van der Waals surface area contributed by atoms with E-state index in [1.54, 1.807) is 0 Å². The molecule has 0 bridgehead atoms. The zero-order valence-electron chi connectivity index (χ0n) is 16.2. The van der Waals surface area contributed by atoms with E-state index in [9.17, 15) is 0 Å². The van der Waals surface area contributed by atoms with Crippen LogP contribution in [0.1, 0.15) is 16.8 Å². The van der Waals surface area contributed by atoms with Gasteiger partial charge in [-0.25, -0.2) is 4.98 Å². The highest BCUT2D eigenvalue weighted by atomic mass is 16.3. The summed E-state index contributed by atoms with van der Waals surface area (Å²) in [5, 5.41) is 2.11. The molecule has 0 saturated heterocycles. The molecule has 3 aromatic heterocycles. The highest BCUT2D eigenvalue weighted by Gasteiger charge is 2.16. The van der Waals surface area contributed by atoms with Crippen LogP contribution in [0.5, 0.6) is 0 Å². The van der Waals surface area contributed by atoms with E-state index in [0.29, 0.717) is 5.71 Å². The van der Waals surface area contributed by atoms with E-state index in [4.69, 9.17) is 4.42 Å². The number of benzene rings is 2. The molecule has 3 heteroatoms. The molecule has 0 amide bonds. The molecule has 0 saturated carbocycles. The normalized spacial score (nSPS) is 11.4. The fourth-order valence-electron chi connectivity index (χ4n) is 3.80. The number of hydrogen-bond acceptors (Lipinski definition) is 3. The van der Waals surface area contributed by atoms with E-state index in [1.807, 2.05) is 19.2 Å². The Labute approximate surface area is 163 Å². The molecule has 0 radical (unpaired) electrons. The standard InChI is InChI=1S/C25H20N2O/c1-15-5-4-6-18(13-15)19-11-12-26-22(14-19)23-16(2)7-9-20-21-10-8-17(3)27-25(21)28-24(20)23/h4-14H,1-3H3. The largest absolute Gasteiger partial charge is 0.437 e. The molecule has 28 heavy (non-hydrogen) atoms. The van der Waals surface area contributed by atoms with Crippen LogP contribution in [0.3, 0.4) is 0 Å². The van der Waals surface area contributed by atoms with Gasteiger partial charge in [0, 0.05) is 28.2 Å². The van der Waals surface area contributed by atoms with Crippen LogP contribution < -0.4 is 0 Å². The fourth-order valence-corrected chi connectivity index (χ4v) is 3.80. The fraction of sp³-hybridized carbons (Fsp3) is 0.120. The smallest absolute Gasteiger partial charge is 0.227 e. The number of rotatable bonds is 2. The first kappa shape index (κ1) is 16.7. The molecule has 3 nitrogen and oxygen atoms in total.